The van der Waals surface area contributed by atoms with E-state index in [1.165, 1.54) is 24.1 Å². The van der Waals surface area contributed by atoms with Crippen molar-refractivity contribution in [2.45, 2.75) is 44.7 Å². The molecular weight excluding hydrogens is 545 g/mol. The van der Waals surface area contributed by atoms with Gasteiger partial charge in [0.05, 0.1) is 10.6 Å². The summed E-state index contributed by atoms with van der Waals surface area (Å²) in [6, 6.07) is 17.5. The summed E-state index contributed by atoms with van der Waals surface area (Å²) < 4.78 is 29.0. The minimum Gasteiger partial charge on any atom is -0.357 e. The molecule has 0 bridgehead atoms. The van der Waals surface area contributed by atoms with E-state index in [4.69, 9.17) is 23.2 Å². The van der Waals surface area contributed by atoms with Crippen molar-refractivity contribution >= 4 is 50.7 Å². The summed E-state index contributed by atoms with van der Waals surface area (Å²) >= 11 is 12.4. The van der Waals surface area contributed by atoms with Crippen LogP contribution in [0.1, 0.15) is 30.5 Å². The Morgan fingerprint density at radius 1 is 0.974 bits per heavy atom. The van der Waals surface area contributed by atoms with Gasteiger partial charge in [0.2, 0.25) is 11.8 Å². The number of amides is 2. The Bertz CT molecular complexity index is 1410. The SMILES string of the molecule is CCc1ccccc1N(CC(=O)N(Cc1ccc(Cl)cc1Cl)[C@H](C)C(=O)NC)S(=O)(=O)c1ccc(C)cc1. The number of carbonyl (C=O) groups excluding carboxylic acids is 2. The number of para-hydroxylation sites is 1. The van der Waals surface area contributed by atoms with Gasteiger partial charge in [-0.15, -0.1) is 0 Å². The largest absolute Gasteiger partial charge is 0.357 e. The van der Waals surface area contributed by atoms with Crippen molar-refractivity contribution in [3.8, 4) is 0 Å². The number of likely N-dealkylation sites (N-methyl/N-ethyl adjacent to an activating group) is 1. The van der Waals surface area contributed by atoms with E-state index < -0.39 is 34.4 Å². The summed E-state index contributed by atoms with van der Waals surface area (Å²) in [4.78, 5) is 27.9. The van der Waals surface area contributed by atoms with Gasteiger partial charge >= 0.3 is 0 Å². The number of aryl methyl sites for hydroxylation is 2. The van der Waals surface area contributed by atoms with E-state index in [1.54, 1.807) is 49.4 Å². The molecule has 0 fully saturated rings. The first-order valence-electron chi connectivity index (χ1n) is 12.1. The third kappa shape index (κ3) is 6.67. The van der Waals surface area contributed by atoms with Crippen LogP contribution in [0, 0.1) is 6.92 Å². The molecule has 0 aliphatic carbocycles. The highest BCUT2D eigenvalue weighted by atomic mass is 35.5. The number of sulfonamides is 1. The number of carbonyl (C=O) groups is 2. The first-order chi connectivity index (χ1) is 18.0. The Morgan fingerprint density at radius 3 is 2.24 bits per heavy atom. The minimum absolute atomic E-state index is 0.0166. The summed E-state index contributed by atoms with van der Waals surface area (Å²) in [5.41, 5.74) is 2.65. The van der Waals surface area contributed by atoms with Crippen LogP contribution in [-0.4, -0.2) is 44.8 Å². The van der Waals surface area contributed by atoms with Gasteiger partial charge in [0.15, 0.2) is 0 Å². The molecule has 0 saturated carbocycles. The number of nitrogens with zero attached hydrogens (tertiary/aromatic N) is 2. The Morgan fingerprint density at radius 2 is 1.63 bits per heavy atom. The van der Waals surface area contributed by atoms with Gasteiger partial charge in [-0.3, -0.25) is 13.9 Å². The Hall–Kier alpha value is -3.07. The second kappa shape index (κ2) is 12.7. The fourth-order valence-electron chi connectivity index (χ4n) is 4.03. The first-order valence-corrected chi connectivity index (χ1v) is 14.3. The van der Waals surface area contributed by atoms with Crippen molar-refractivity contribution in [3.63, 3.8) is 0 Å². The molecule has 1 atom stereocenters. The van der Waals surface area contributed by atoms with Crippen LogP contribution in [-0.2, 0) is 32.6 Å². The van der Waals surface area contributed by atoms with E-state index in [9.17, 15) is 18.0 Å². The van der Waals surface area contributed by atoms with Crippen molar-refractivity contribution in [3.05, 3.63) is 93.5 Å². The average Bonchev–Trinajstić information content (AvgIpc) is 2.90. The lowest BCUT2D eigenvalue weighted by molar-refractivity contribution is -0.139. The molecule has 0 spiro atoms. The zero-order valence-corrected chi connectivity index (χ0v) is 24.1. The Labute approximate surface area is 234 Å². The van der Waals surface area contributed by atoms with Gasteiger partial charge in [-0.1, -0.05) is 72.1 Å². The minimum atomic E-state index is -4.13. The van der Waals surface area contributed by atoms with Crippen LogP contribution in [0.2, 0.25) is 10.0 Å². The molecule has 3 aromatic rings. The molecule has 1 N–H and O–H groups in total. The van der Waals surface area contributed by atoms with Crippen molar-refractivity contribution < 1.29 is 18.0 Å². The molecule has 7 nitrogen and oxygen atoms in total. The highest BCUT2D eigenvalue weighted by Gasteiger charge is 2.33. The zero-order valence-electron chi connectivity index (χ0n) is 21.7. The first kappa shape index (κ1) is 29.5. The molecule has 2 amide bonds. The van der Waals surface area contributed by atoms with E-state index >= 15 is 0 Å². The highest BCUT2D eigenvalue weighted by Crippen LogP contribution is 2.29. The normalized spacial score (nSPS) is 12.1. The van der Waals surface area contributed by atoms with Crippen LogP contribution in [0.15, 0.2) is 71.6 Å². The monoisotopic (exact) mass is 575 g/mol. The van der Waals surface area contributed by atoms with Crippen molar-refractivity contribution in [1.29, 1.82) is 0 Å². The van der Waals surface area contributed by atoms with Gasteiger partial charge in [0.25, 0.3) is 10.0 Å². The van der Waals surface area contributed by atoms with E-state index in [1.807, 2.05) is 26.0 Å². The lowest BCUT2D eigenvalue weighted by Gasteiger charge is -2.32. The predicted octanol–water partition coefficient (Wildman–Crippen LogP) is 5.22. The fourth-order valence-corrected chi connectivity index (χ4v) is 5.95. The van der Waals surface area contributed by atoms with Crippen molar-refractivity contribution in [2.75, 3.05) is 17.9 Å². The third-order valence-electron chi connectivity index (χ3n) is 6.30. The number of hydrogen-bond acceptors (Lipinski definition) is 4. The standard InChI is InChI=1S/C28H31Cl2N3O4S/c1-5-21-8-6-7-9-26(21)33(38(36,37)24-14-10-19(2)11-15-24)18-27(34)32(20(3)28(35)31-4)17-22-12-13-23(29)16-25(22)30/h6-16,20H,5,17-18H2,1-4H3,(H,31,35)/t20-/m1/s1. The molecular formula is C28H31Cl2N3O4S. The fraction of sp³-hybridized carbons (Fsp3) is 0.286. The van der Waals surface area contributed by atoms with Crippen molar-refractivity contribution in [2.24, 2.45) is 0 Å². The van der Waals surface area contributed by atoms with Crippen molar-refractivity contribution in [1.82, 2.24) is 10.2 Å². The number of hydrogen-bond donors (Lipinski definition) is 1. The van der Waals surface area contributed by atoms with E-state index in [0.29, 0.717) is 27.7 Å². The second-order valence-electron chi connectivity index (χ2n) is 8.85. The molecule has 0 heterocycles. The summed E-state index contributed by atoms with van der Waals surface area (Å²) in [7, 11) is -2.65. The molecule has 3 aromatic carbocycles. The van der Waals surface area contributed by atoms with Crippen LogP contribution in [0.4, 0.5) is 5.69 Å². The molecule has 0 unspecified atom stereocenters. The molecule has 0 aromatic heterocycles. The van der Waals surface area contributed by atoms with Crippen LogP contribution in [0.3, 0.4) is 0 Å². The molecule has 10 heteroatoms. The summed E-state index contributed by atoms with van der Waals surface area (Å²) in [5.74, 6) is -0.959. The summed E-state index contributed by atoms with van der Waals surface area (Å²) in [5, 5.41) is 3.32. The summed E-state index contributed by atoms with van der Waals surface area (Å²) in [6.45, 7) is 4.83. The van der Waals surface area contributed by atoms with Gasteiger partial charge in [0, 0.05) is 23.6 Å². The van der Waals surface area contributed by atoms with E-state index in [0.717, 1.165) is 15.4 Å². The molecule has 0 aliphatic rings. The van der Waals surface area contributed by atoms with Crippen LogP contribution in [0.25, 0.3) is 0 Å². The highest BCUT2D eigenvalue weighted by molar-refractivity contribution is 7.92. The van der Waals surface area contributed by atoms with Crippen LogP contribution < -0.4 is 9.62 Å². The molecule has 3 rings (SSSR count). The number of rotatable bonds is 10. The topological polar surface area (TPSA) is 86.8 Å². The maximum atomic E-state index is 13.9. The number of nitrogens with one attached hydrogen (secondary N) is 1. The van der Waals surface area contributed by atoms with Crippen LogP contribution in [0.5, 0.6) is 0 Å². The van der Waals surface area contributed by atoms with Gasteiger partial charge in [-0.2, -0.15) is 0 Å². The molecule has 0 aliphatic heterocycles. The Balaban J connectivity index is 2.09. The molecule has 38 heavy (non-hydrogen) atoms. The zero-order chi connectivity index (χ0) is 28.0. The maximum absolute atomic E-state index is 13.9. The van der Waals surface area contributed by atoms with Gasteiger partial charge in [0.1, 0.15) is 12.6 Å². The molecule has 202 valence electrons. The average molecular weight is 577 g/mol. The third-order valence-corrected chi connectivity index (χ3v) is 8.66. The maximum Gasteiger partial charge on any atom is 0.264 e. The number of halogens is 2. The van der Waals surface area contributed by atoms with Gasteiger partial charge in [-0.05, 0) is 61.7 Å². The number of anilines is 1. The van der Waals surface area contributed by atoms with E-state index in [2.05, 4.69) is 5.32 Å². The lowest BCUT2D eigenvalue weighted by Crippen LogP contribution is -2.50. The Kier molecular flexibility index (Phi) is 9.82. The molecule has 0 radical (unpaired) electrons. The number of benzene rings is 3. The lowest BCUT2D eigenvalue weighted by atomic mass is 10.1. The summed E-state index contributed by atoms with van der Waals surface area (Å²) in [6.07, 6.45) is 0.559. The van der Waals surface area contributed by atoms with Gasteiger partial charge in [-0.25, -0.2) is 8.42 Å². The van der Waals surface area contributed by atoms with E-state index in [-0.39, 0.29) is 11.4 Å². The quantitative estimate of drug-likeness (QED) is 0.359. The molecule has 0 saturated heterocycles. The second-order valence-corrected chi connectivity index (χ2v) is 11.6. The van der Waals surface area contributed by atoms with Gasteiger partial charge < -0.3 is 10.2 Å². The predicted molar refractivity (Wildman–Crippen MR) is 152 cm³/mol. The van der Waals surface area contributed by atoms with Crippen LogP contribution >= 0.6 is 23.2 Å². The smallest absolute Gasteiger partial charge is 0.264 e.